The predicted octanol–water partition coefficient (Wildman–Crippen LogP) is 4.43. The lowest BCUT2D eigenvalue weighted by Crippen LogP contribution is -2.30. The fourth-order valence-electron chi connectivity index (χ4n) is 2.46. The van der Waals surface area contributed by atoms with Gasteiger partial charge in [0, 0.05) is 17.8 Å². The zero-order valence-corrected chi connectivity index (χ0v) is 13.7. The topological polar surface area (TPSA) is 29.1 Å². The van der Waals surface area contributed by atoms with Gasteiger partial charge < -0.3 is 5.32 Å². The molecule has 0 aromatic heterocycles. The molecule has 1 aromatic rings. The third-order valence-electron chi connectivity index (χ3n) is 3.33. The van der Waals surface area contributed by atoms with Gasteiger partial charge in [-0.3, -0.25) is 4.79 Å². The van der Waals surface area contributed by atoms with Gasteiger partial charge in [0.05, 0.1) is 9.77 Å². The lowest BCUT2D eigenvalue weighted by Gasteiger charge is -2.32. The SMILES string of the molecule is CSC(=S)C1=C(Nc2ccccc2)CC(C)(C)CC1=O. The van der Waals surface area contributed by atoms with Crippen molar-refractivity contribution in [1.29, 1.82) is 0 Å². The standard InChI is InChI=1S/C16H19NOS2/c1-16(2)9-12(17-11-7-5-4-6-8-11)14(13(18)10-16)15(19)20-3/h4-8,17H,9-10H2,1-3H3. The molecule has 106 valence electrons. The van der Waals surface area contributed by atoms with Crippen molar-refractivity contribution < 1.29 is 4.79 Å². The van der Waals surface area contributed by atoms with Crippen LogP contribution in [-0.2, 0) is 4.79 Å². The Kier molecular flexibility index (Phi) is 4.66. The quantitative estimate of drug-likeness (QED) is 0.836. The summed E-state index contributed by atoms with van der Waals surface area (Å²) in [7, 11) is 0. The molecule has 0 heterocycles. The van der Waals surface area contributed by atoms with Crippen LogP contribution in [0.25, 0.3) is 0 Å². The second-order valence-corrected chi connectivity index (χ2v) is 7.26. The van der Waals surface area contributed by atoms with E-state index in [4.69, 9.17) is 12.2 Å². The highest BCUT2D eigenvalue weighted by molar-refractivity contribution is 8.23. The molecular weight excluding hydrogens is 286 g/mol. The van der Waals surface area contributed by atoms with Gasteiger partial charge in [0.25, 0.3) is 0 Å². The van der Waals surface area contributed by atoms with Crippen LogP contribution >= 0.6 is 24.0 Å². The van der Waals surface area contributed by atoms with E-state index in [0.29, 0.717) is 16.2 Å². The van der Waals surface area contributed by atoms with E-state index in [0.717, 1.165) is 17.8 Å². The Morgan fingerprint density at radius 1 is 1.25 bits per heavy atom. The fourth-order valence-corrected chi connectivity index (χ4v) is 3.14. The number of ketones is 1. The van der Waals surface area contributed by atoms with E-state index in [9.17, 15) is 4.79 Å². The molecular formula is C16H19NOS2. The average Bonchev–Trinajstić information content (AvgIpc) is 2.37. The number of hydrogen-bond donors (Lipinski definition) is 1. The molecule has 0 bridgehead atoms. The summed E-state index contributed by atoms with van der Waals surface area (Å²) in [6.45, 7) is 4.24. The molecule has 20 heavy (non-hydrogen) atoms. The second-order valence-electron chi connectivity index (χ2n) is 5.78. The Morgan fingerprint density at radius 3 is 2.50 bits per heavy atom. The minimum Gasteiger partial charge on any atom is -0.358 e. The molecule has 4 heteroatoms. The number of allylic oxidation sites excluding steroid dienone is 1. The summed E-state index contributed by atoms with van der Waals surface area (Å²) in [5, 5.41) is 3.39. The number of rotatable bonds is 3. The van der Waals surface area contributed by atoms with Crippen LogP contribution in [0.4, 0.5) is 5.69 Å². The molecule has 1 aliphatic carbocycles. The number of thioether (sulfide) groups is 1. The Morgan fingerprint density at radius 2 is 1.90 bits per heavy atom. The van der Waals surface area contributed by atoms with E-state index in [1.54, 1.807) is 0 Å². The minimum absolute atomic E-state index is 0.0221. The highest BCUT2D eigenvalue weighted by Gasteiger charge is 2.34. The van der Waals surface area contributed by atoms with Crippen molar-refractivity contribution in [2.75, 3.05) is 11.6 Å². The monoisotopic (exact) mass is 305 g/mol. The van der Waals surface area contributed by atoms with Gasteiger partial charge in [-0.05, 0) is 30.2 Å². The molecule has 0 amide bonds. The first kappa shape index (κ1) is 15.3. The Hall–Kier alpha value is -1.13. The molecule has 0 unspecified atom stereocenters. The zero-order valence-electron chi connectivity index (χ0n) is 12.0. The molecule has 0 saturated heterocycles. The van der Waals surface area contributed by atoms with Crippen LogP contribution in [0.5, 0.6) is 0 Å². The van der Waals surface area contributed by atoms with E-state index in [1.807, 2.05) is 36.6 Å². The fraction of sp³-hybridized carbons (Fsp3) is 0.375. The zero-order chi connectivity index (χ0) is 14.8. The smallest absolute Gasteiger partial charge is 0.167 e. The van der Waals surface area contributed by atoms with Crippen LogP contribution in [0, 0.1) is 5.41 Å². The van der Waals surface area contributed by atoms with E-state index >= 15 is 0 Å². The second kappa shape index (κ2) is 6.10. The van der Waals surface area contributed by atoms with Crippen LogP contribution in [0.1, 0.15) is 26.7 Å². The molecule has 0 spiro atoms. The number of carbonyl (C=O) groups is 1. The Balaban J connectivity index is 2.40. The lowest BCUT2D eigenvalue weighted by molar-refractivity contribution is -0.117. The maximum Gasteiger partial charge on any atom is 0.167 e. The molecule has 0 saturated carbocycles. The molecule has 0 radical (unpaired) electrons. The first-order chi connectivity index (χ1) is 9.43. The van der Waals surface area contributed by atoms with Gasteiger partial charge in [-0.15, -0.1) is 11.8 Å². The van der Waals surface area contributed by atoms with Crippen LogP contribution in [0.15, 0.2) is 41.6 Å². The molecule has 0 atom stereocenters. The van der Waals surface area contributed by atoms with Crippen LogP contribution in [-0.4, -0.2) is 16.2 Å². The molecule has 2 rings (SSSR count). The van der Waals surface area contributed by atoms with Crippen molar-refractivity contribution in [1.82, 2.24) is 0 Å². The van der Waals surface area contributed by atoms with E-state index in [-0.39, 0.29) is 11.2 Å². The van der Waals surface area contributed by atoms with Crippen molar-refractivity contribution in [3.05, 3.63) is 41.6 Å². The van der Waals surface area contributed by atoms with Gasteiger partial charge >= 0.3 is 0 Å². The van der Waals surface area contributed by atoms with Crippen LogP contribution < -0.4 is 5.32 Å². The number of Topliss-reactive ketones (excluding diaryl/α,β-unsaturated/α-hetero) is 1. The largest absolute Gasteiger partial charge is 0.358 e. The minimum atomic E-state index is -0.0221. The highest BCUT2D eigenvalue weighted by Crippen LogP contribution is 2.38. The van der Waals surface area contributed by atoms with Gasteiger partial charge in [-0.25, -0.2) is 0 Å². The predicted molar refractivity (Wildman–Crippen MR) is 91.2 cm³/mol. The lowest BCUT2D eigenvalue weighted by atomic mass is 9.76. The van der Waals surface area contributed by atoms with Crippen molar-refractivity contribution in [3.8, 4) is 0 Å². The summed E-state index contributed by atoms with van der Waals surface area (Å²) in [6.07, 6.45) is 3.31. The third-order valence-corrected chi connectivity index (χ3v) is 4.61. The van der Waals surface area contributed by atoms with Crippen molar-refractivity contribution in [2.45, 2.75) is 26.7 Å². The molecule has 0 fully saturated rings. The first-order valence-corrected chi connectivity index (χ1v) is 8.23. The summed E-state index contributed by atoms with van der Waals surface area (Å²) in [5.74, 6) is 0.152. The summed E-state index contributed by atoms with van der Waals surface area (Å²) in [6, 6.07) is 9.93. The molecule has 0 aliphatic heterocycles. The van der Waals surface area contributed by atoms with Crippen molar-refractivity contribution >= 4 is 39.6 Å². The number of carbonyl (C=O) groups excluding carboxylic acids is 1. The number of nitrogens with one attached hydrogen (secondary N) is 1. The van der Waals surface area contributed by atoms with Crippen molar-refractivity contribution in [3.63, 3.8) is 0 Å². The number of hydrogen-bond acceptors (Lipinski definition) is 4. The molecule has 2 nitrogen and oxygen atoms in total. The normalized spacial score (nSPS) is 18.1. The summed E-state index contributed by atoms with van der Waals surface area (Å²) >= 11 is 6.83. The molecule has 1 aliphatic rings. The van der Waals surface area contributed by atoms with Gasteiger partial charge in [0.2, 0.25) is 0 Å². The van der Waals surface area contributed by atoms with Gasteiger partial charge in [0.1, 0.15) is 0 Å². The summed E-state index contributed by atoms with van der Waals surface area (Å²) in [5.41, 5.74) is 2.63. The number of anilines is 1. The summed E-state index contributed by atoms with van der Waals surface area (Å²) < 4.78 is 0.684. The van der Waals surface area contributed by atoms with Gasteiger partial charge in [-0.1, -0.05) is 44.3 Å². The number of thiocarbonyl (C=S) groups is 1. The van der Waals surface area contributed by atoms with Crippen LogP contribution in [0.3, 0.4) is 0 Å². The maximum atomic E-state index is 12.4. The first-order valence-electron chi connectivity index (χ1n) is 6.60. The number of para-hydroxylation sites is 1. The van der Waals surface area contributed by atoms with Gasteiger partial charge in [-0.2, -0.15) is 0 Å². The van der Waals surface area contributed by atoms with Crippen LogP contribution in [0.2, 0.25) is 0 Å². The average molecular weight is 305 g/mol. The molecule has 1 aromatic carbocycles. The maximum absolute atomic E-state index is 12.4. The molecule has 1 N–H and O–H groups in total. The van der Waals surface area contributed by atoms with Crippen molar-refractivity contribution in [2.24, 2.45) is 5.41 Å². The van der Waals surface area contributed by atoms with Gasteiger partial charge in [0.15, 0.2) is 5.78 Å². The Labute approximate surface area is 130 Å². The van der Waals surface area contributed by atoms with E-state index < -0.39 is 0 Å². The third kappa shape index (κ3) is 3.49. The summed E-state index contributed by atoms with van der Waals surface area (Å²) in [4.78, 5) is 12.4. The van der Waals surface area contributed by atoms with E-state index in [1.165, 1.54) is 11.8 Å². The van der Waals surface area contributed by atoms with E-state index in [2.05, 4.69) is 19.2 Å². The highest BCUT2D eigenvalue weighted by atomic mass is 32.2. The Bertz CT molecular complexity index is 561. The number of benzene rings is 1.